The minimum absolute atomic E-state index is 0.499. The monoisotopic (exact) mass is 638 g/mol. The Bertz CT molecular complexity index is 2260. The number of fused-ring (bicyclic) bond motifs is 7. The lowest BCUT2D eigenvalue weighted by Crippen LogP contribution is -2.28. The van der Waals surface area contributed by atoms with Crippen LogP contribution in [0.25, 0.3) is 54.9 Å². The molecular weight excluding hydrogens is 607 g/mol. The van der Waals surface area contributed by atoms with Gasteiger partial charge >= 0.3 is 7.12 Å². The first-order chi connectivity index (χ1) is 24.2. The molecule has 0 aromatic heterocycles. The molecule has 5 nitrogen and oxygen atoms in total. The molecule has 6 heteroatoms. The van der Waals surface area contributed by atoms with Crippen molar-refractivity contribution in [3.05, 3.63) is 139 Å². The zero-order valence-electron chi connectivity index (χ0n) is 27.3. The third-order valence-corrected chi connectivity index (χ3v) is 8.87. The standard InChI is InChI=1S/C43H31BO5/c1-45-37-24-28(25-38(46-2)43(37)47-3)22-23-44-48-41-35(29-14-6-4-7-15-29)26-31-18-10-12-20-33(31)39(41)40-34-21-13-11-19-32(34)27-36(42(40)49-44)30-16-8-5-9-17-30/h4-21,24-27H,1-3H3. The van der Waals surface area contributed by atoms with Crippen molar-refractivity contribution in [2.24, 2.45) is 0 Å². The summed E-state index contributed by atoms with van der Waals surface area (Å²) in [6.07, 6.45) is 0. The lowest BCUT2D eigenvalue weighted by Gasteiger charge is -2.19. The van der Waals surface area contributed by atoms with Gasteiger partial charge in [0, 0.05) is 27.8 Å². The van der Waals surface area contributed by atoms with Crippen molar-refractivity contribution < 1.29 is 23.5 Å². The van der Waals surface area contributed by atoms with E-state index in [4.69, 9.17) is 23.5 Å². The van der Waals surface area contributed by atoms with Gasteiger partial charge in [0.15, 0.2) is 11.5 Å². The van der Waals surface area contributed by atoms with Gasteiger partial charge in [-0.1, -0.05) is 115 Å². The predicted molar refractivity (Wildman–Crippen MR) is 198 cm³/mol. The summed E-state index contributed by atoms with van der Waals surface area (Å²) in [5.74, 6) is 9.54. The highest BCUT2D eigenvalue weighted by molar-refractivity contribution is 6.57. The van der Waals surface area contributed by atoms with Crippen LogP contribution in [0.5, 0.6) is 28.7 Å². The summed E-state index contributed by atoms with van der Waals surface area (Å²) in [4.78, 5) is 0. The van der Waals surface area contributed by atoms with E-state index in [9.17, 15) is 0 Å². The number of benzene rings is 7. The van der Waals surface area contributed by atoms with E-state index in [1.165, 1.54) is 0 Å². The maximum atomic E-state index is 6.97. The zero-order valence-corrected chi connectivity index (χ0v) is 27.3. The summed E-state index contributed by atoms with van der Waals surface area (Å²) in [5.41, 5.74) is 6.59. The summed E-state index contributed by atoms with van der Waals surface area (Å²) < 4.78 is 30.7. The number of ether oxygens (including phenoxy) is 3. The Hall–Kier alpha value is -6.32. The zero-order chi connectivity index (χ0) is 33.3. The Morgan fingerprint density at radius 1 is 0.510 bits per heavy atom. The van der Waals surface area contributed by atoms with E-state index in [0.29, 0.717) is 34.3 Å². The van der Waals surface area contributed by atoms with Crippen molar-refractivity contribution in [1.82, 2.24) is 0 Å². The third kappa shape index (κ3) is 5.36. The van der Waals surface area contributed by atoms with E-state index in [1.807, 2.05) is 48.5 Å². The number of methoxy groups -OCH3 is 3. The molecule has 0 amide bonds. The first-order valence-electron chi connectivity index (χ1n) is 16.0. The summed E-state index contributed by atoms with van der Waals surface area (Å²) in [7, 11) is 3.79. The van der Waals surface area contributed by atoms with Gasteiger partial charge in [-0.2, -0.15) is 0 Å². The highest BCUT2D eigenvalue weighted by Crippen LogP contribution is 2.54. The molecule has 7 aromatic carbocycles. The largest absolute Gasteiger partial charge is 0.690 e. The van der Waals surface area contributed by atoms with Crippen molar-refractivity contribution in [3.8, 4) is 73.9 Å². The highest BCUT2D eigenvalue weighted by Gasteiger charge is 2.35. The molecule has 0 N–H and O–H groups in total. The van der Waals surface area contributed by atoms with Gasteiger partial charge in [0.2, 0.25) is 5.75 Å². The van der Waals surface area contributed by atoms with Gasteiger partial charge in [0.05, 0.1) is 21.3 Å². The molecule has 236 valence electrons. The first-order valence-corrected chi connectivity index (χ1v) is 16.0. The Morgan fingerprint density at radius 2 is 0.959 bits per heavy atom. The van der Waals surface area contributed by atoms with Crippen LogP contribution >= 0.6 is 0 Å². The number of hydrogen-bond donors (Lipinski definition) is 0. The molecule has 7 aromatic rings. The van der Waals surface area contributed by atoms with Gasteiger partial charge in [-0.05, 0) is 62.8 Å². The molecule has 1 aliphatic rings. The van der Waals surface area contributed by atoms with Crippen molar-refractivity contribution >= 4 is 28.7 Å². The van der Waals surface area contributed by atoms with Crippen LogP contribution in [0.4, 0.5) is 0 Å². The fourth-order valence-electron chi connectivity index (χ4n) is 6.66. The fraction of sp³-hybridized carbons (Fsp3) is 0.0698. The number of hydrogen-bond acceptors (Lipinski definition) is 5. The van der Waals surface area contributed by atoms with E-state index < -0.39 is 7.12 Å². The Labute approximate surface area is 285 Å². The van der Waals surface area contributed by atoms with E-state index in [1.54, 1.807) is 21.3 Å². The highest BCUT2D eigenvalue weighted by atomic mass is 16.6. The maximum Gasteiger partial charge on any atom is 0.690 e. The SMILES string of the molecule is COc1cc(C#CB2Oc3c(-c4ccccc4)cc4ccccc4c3-c3c(c(-c4ccccc4)cc4ccccc34)O2)cc(OC)c1OC. The van der Waals surface area contributed by atoms with Crippen LogP contribution in [0.15, 0.2) is 133 Å². The Balaban J connectivity index is 1.45. The van der Waals surface area contributed by atoms with Crippen molar-refractivity contribution in [1.29, 1.82) is 0 Å². The molecule has 0 fully saturated rings. The average molecular weight is 639 g/mol. The molecule has 1 aliphatic heterocycles. The lowest BCUT2D eigenvalue weighted by atomic mass is 9.86. The molecule has 1 heterocycles. The average Bonchev–Trinajstić information content (AvgIpc) is 3.34. The molecule has 0 atom stereocenters. The van der Waals surface area contributed by atoms with Gasteiger partial charge < -0.3 is 23.5 Å². The molecule has 0 unspecified atom stereocenters. The van der Waals surface area contributed by atoms with Crippen molar-refractivity contribution in [3.63, 3.8) is 0 Å². The first kappa shape index (κ1) is 30.0. The second-order valence-electron chi connectivity index (χ2n) is 11.7. The van der Waals surface area contributed by atoms with Crippen LogP contribution in [0, 0.1) is 11.7 Å². The van der Waals surface area contributed by atoms with Crippen LogP contribution in [-0.4, -0.2) is 28.4 Å². The van der Waals surface area contributed by atoms with Gasteiger partial charge in [-0.3, -0.25) is 0 Å². The molecule has 49 heavy (non-hydrogen) atoms. The van der Waals surface area contributed by atoms with Gasteiger partial charge in [-0.15, -0.1) is 0 Å². The molecule has 0 radical (unpaired) electrons. The quantitative estimate of drug-likeness (QED) is 0.139. The third-order valence-electron chi connectivity index (χ3n) is 8.87. The Kier molecular flexibility index (Phi) is 7.79. The molecule has 0 aliphatic carbocycles. The second kappa shape index (κ2) is 12.7. The summed E-state index contributed by atoms with van der Waals surface area (Å²) >= 11 is 0. The molecular formula is C43H31BO5. The lowest BCUT2D eigenvalue weighted by molar-refractivity contribution is 0.324. The summed E-state index contributed by atoms with van der Waals surface area (Å²) in [6, 6.07) is 45.6. The molecule has 0 saturated heterocycles. The van der Waals surface area contributed by atoms with Crippen LogP contribution in [-0.2, 0) is 0 Å². The van der Waals surface area contributed by atoms with E-state index in [-0.39, 0.29) is 0 Å². The van der Waals surface area contributed by atoms with Crippen LogP contribution in [0.3, 0.4) is 0 Å². The van der Waals surface area contributed by atoms with E-state index >= 15 is 0 Å². The van der Waals surface area contributed by atoms with Gasteiger partial charge in [0.25, 0.3) is 0 Å². The van der Waals surface area contributed by atoms with Gasteiger partial charge in [0.1, 0.15) is 11.5 Å². The smallest absolute Gasteiger partial charge is 0.514 e. The van der Waals surface area contributed by atoms with Crippen LogP contribution in [0.1, 0.15) is 5.56 Å². The van der Waals surface area contributed by atoms with Crippen molar-refractivity contribution in [2.75, 3.05) is 21.3 Å². The topological polar surface area (TPSA) is 46.2 Å². The minimum atomic E-state index is -0.966. The maximum absolute atomic E-state index is 6.97. The summed E-state index contributed by atoms with van der Waals surface area (Å²) in [6.45, 7) is 0. The Morgan fingerprint density at radius 3 is 1.41 bits per heavy atom. The van der Waals surface area contributed by atoms with E-state index in [2.05, 4.69) is 96.7 Å². The molecule has 0 saturated carbocycles. The molecule has 0 spiro atoms. The second-order valence-corrected chi connectivity index (χ2v) is 11.7. The van der Waals surface area contributed by atoms with Crippen LogP contribution in [0.2, 0.25) is 0 Å². The number of rotatable bonds is 5. The van der Waals surface area contributed by atoms with E-state index in [0.717, 1.165) is 54.9 Å². The van der Waals surface area contributed by atoms with Crippen LogP contribution < -0.4 is 23.5 Å². The molecule has 8 rings (SSSR count). The predicted octanol–water partition coefficient (Wildman–Crippen LogP) is 9.87. The van der Waals surface area contributed by atoms with Crippen molar-refractivity contribution in [2.45, 2.75) is 0 Å². The fourth-order valence-corrected chi connectivity index (χ4v) is 6.66. The minimum Gasteiger partial charge on any atom is -0.514 e. The van der Waals surface area contributed by atoms with Gasteiger partial charge in [-0.25, -0.2) is 0 Å². The molecule has 0 bridgehead atoms. The normalized spacial score (nSPS) is 11.7. The summed E-state index contributed by atoms with van der Waals surface area (Å²) in [5, 5.41) is 4.34.